The van der Waals surface area contributed by atoms with Crippen LogP contribution in [-0.2, 0) is 10.0 Å². The molecule has 1 saturated heterocycles. The number of nitrogens with one attached hydrogen (secondary N) is 2. The Morgan fingerprint density at radius 3 is 2.56 bits per heavy atom. The Morgan fingerprint density at radius 2 is 1.85 bits per heavy atom. The Hall–Kier alpha value is -3.27. The zero-order valence-corrected chi connectivity index (χ0v) is 19.9. The maximum absolute atomic E-state index is 12.5. The predicted molar refractivity (Wildman–Crippen MR) is 134 cm³/mol. The number of hydrogen-bond acceptors (Lipinski definition) is 7. The van der Waals surface area contributed by atoms with E-state index in [4.69, 9.17) is 0 Å². The number of likely N-dealkylation sites (tertiary alicyclic amines) is 1. The van der Waals surface area contributed by atoms with Crippen LogP contribution in [0.3, 0.4) is 0 Å². The molecular weight excluding hydrogens is 450 g/mol. The number of rotatable bonds is 9. The molecule has 0 aliphatic carbocycles. The molecule has 0 atom stereocenters. The molecule has 0 bridgehead atoms. The second kappa shape index (κ2) is 10.8. The third kappa shape index (κ3) is 6.40. The number of hydrogen-bond donors (Lipinski definition) is 3. The Labute approximate surface area is 200 Å². The number of aromatic hydroxyl groups is 1. The van der Waals surface area contributed by atoms with Crippen molar-refractivity contribution in [2.45, 2.75) is 24.7 Å². The van der Waals surface area contributed by atoms with Gasteiger partial charge in [0.2, 0.25) is 16.0 Å². The number of sulfonamides is 1. The van der Waals surface area contributed by atoms with E-state index in [0.29, 0.717) is 18.2 Å². The lowest BCUT2D eigenvalue weighted by molar-refractivity contribution is 0.344. The van der Waals surface area contributed by atoms with Crippen molar-refractivity contribution in [3.63, 3.8) is 0 Å². The van der Waals surface area contributed by atoms with Gasteiger partial charge in [-0.25, -0.2) is 23.1 Å². The van der Waals surface area contributed by atoms with Gasteiger partial charge < -0.3 is 15.3 Å². The van der Waals surface area contributed by atoms with Gasteiger partial charge in [-0.3, -0.25) is 0 Å². The van der Waals surface area contributed by atoms with Crippen LogP contribution in [0.1, 0.15) is 29.7 Å². The van der Waals surface area contributed by atoms with E-state index in [9.17, 15) is 13.5 Å². The molecule has 9 heteroatoms. The number of benzene rings is 2. The fourth-order valence-corrected chi connectivity index (χ4v) is 4.81. The largest absolute Gasteiger partial charge is 0.508 e. The molecule has 0 unspecified atom stereocenters. The van der Waals surface area contributed by atoms with Crippen LogP contribution in [0, 0.1) is 6.92 Å². The summed E-state index contributed by atoms with van der Waals surface area (Å²) >= 11 is 0. The molecule has 2 aromatic carbocycles. The molecule has 0 radical (unpaired) electrons. The Bertz CT molecular complexity index is 1250. The van der Waals surface area contributed by atoms with Crippen LogP contribution in [0.25, 0.3) is 12.2 Å². The van der Waals surface area contributed by atoms with E-state index in [1.807, 2.05) is 25.1 Å². The fraction of sp³-hybridized carbons (Fsp3) is 0.280. The fourth-order valence-electron chi connectivity index (χ4n) is 3.79. The first kappa shape index (κ1) is 23.9. The standard InChI is InChI=1S/C25H29N5O3S/c1-19-21(8-7-20-5-4-6-23(31)17-20)18-26-25(28-19)29-22-9-11-24(12-10-22)34(32,33)27-13-16-30-14-2-3-15-30/h4-12,17-18,27,31H,2-3,13-16H2,1H3,(H,26,28,29). The number of aryl methyl sites for hydroxylation is 1. The molecule has 3 aromatic rings. The summed E-state index contributed by atoms with van der Waals surface area (Å²) in [7, 11) is -3.54. The van der Waals surface area contributed by atoms with E-state index in [1.54, 1.807) is 48.7 Å². The molecule has 178 valence electrons. The van der Waals surface area contributed by atoms with Crippen molar-refractivity contribution in [2.24, 2.45) is 0 Å². The van der Waals surface area contributed by atoms with Crippen molar-refractivity contribution >= 4 is 33.8 Å². The van der Waals surface area contributed by atoms with Crippen molar-refractivity contribution in [1.82, 2.24) is 19.6 Å². The molecule has 3 N–H and O–H groups in total. The summed E-state index contributed by atoms with van der Waals surface area (Å²) in [5.74, 6) is 0.637. The van der Waals surface area contributed by atoms with Gasteiger partial charge in [0.15, 0.2) is 0 Å². The molecule has 0 saturated carbocycles. The van der Waals surface area contributed by atoms with Crippen LogP contribution in [0.4, 0.5) is 11.6 Å². The molecule has 2 heterocycles. The summed E-state index contributed by atoms with van der Waals surface area (Å²) < 4.78 is 27.8. The molecule has 0 amide bonds. The third-order valence-electron chi connectivity index (χ3n) is 5.68. The summed E-state index contributed by atoms with van der Waals surface area (Å²) in [6.45, 7) is 5.10. The monoisotopic (exact) mass is 479 g/mol. The van der Waals surface area contributed by atoms with Gasteiger partial charge in [0, 0.05) is 30.5 Å². The zero-order valence-electron chi connectivity index (χ0n) is 19.1. The van der Waals surface area contributed by atoms with Crippen LogP contribution < -0.4 is 10.0 Å². The first-order chi connectivity index (χ1) is 16.4. The highest BCUT2D eigenvalue weighted by atomic mass is 32.2. The summed E-state index contributed by atoms with van der Waals surface area (Å²) in [5.41, 5.74) is 3.21. The minimum Gasteiger partial charge on any atom is -0.508 e. The maximum atomic E-state index is 12.5. The van der Waals surface area contributed by atoms with E-state index in [-0.39, 0.29) is 10.6 Å². The lowest BCUT2D eigenvalue weighted by Gasteiger charge is -2.15. The summed E-state index contributed by atoms with van der Waals surface area (Å²) in [5, 5.41) is 12.7. The van der Waals surface area contributed by atoms with Gasteiger partial charge in [0.25, 0.3) is 0 Å². The Kier molecular flexibility index (Phi) is 7.56. The average molecular weight is 480 g/mol. The normalized spacial score (nSPS) is 14.6. The lowest BCUT2D eigenvalue weighted by atomic mass is 10.1. The lowest BCUT2D eigenvalue weighted by Crippen LogP contribution is -2.33. The molecule has 1 fully saturated rings. The minimum absolute atomic E-state index is 0.214. The molecule has 34 heavy (non-hydrogen) atoms. The SMILES string of the molecule is Cc1nc(Nc2ccc(S(=O)(=O)NCCN3CCCC3)cc2)ncc1C=Cc1cccc(O)c1. The molecular formula is C25H29N5O3S. The molecule has 4 rings (SSSR count). The average Bonchev–Trinajstić information content (AvgIpc) is 3.32. The molecule has 1 aliphatic rings. The van der Waals surface area contributed by atoms with Gasteiger partial charge in [-0.1, -0.05) is 24.3 Å². The van der Waals surface area contributed by atoms with E-state index in [1.165, 1.54) is 12.8 Å². The van der Waals surface area contributed by atoms with Gasteiger partial charge in [-0.2, -0.15) is 0 Å². The quantitative estimate of drug-likeness (QED) is 0.429. The van der Waals surface area contributed by atoms with E-state index < -0.39 is 10.0 Å². The number of aromatic nitrogens is 2. The Balaban J connectivity index is 1.35. The Morgan fingerprint density at radius 1 is 1.09 bits per heavy atom. The van der Waals surface area contributed by atoms with Crippen LogP contribution in [0.5, 0.6) is 5.75 Å². The molecule has 8 nitrogen and oxygen atoms in total. The minimum atomic E-state index is -3.54. The van der Waals surface area contributed by atoms with E-state index >= 15 is 0 Å². The molecule has 1 aromatic heterocycles. The molecule has 0 spiro atoms. The van der Waals surface area contributed by atoms with Crippen LogP contribution in [0.15, 0.2) is 59.6 Å². The van der Waals surface area contributed by atoms with Crippen LogP contribution >= 0.6 is 0 Å². The summed E-state index contributed by atoms with van der Waals surface area (Å²) in [6, 6.07) is 13.5. The number of phenols is 1. The van der Waals surface area contributed by atoms with Gasteiger partial charge in [0.05, 0.1) is 10.6 Å². The van der Waals surface area contributed by atoms with Crippen molar-refractivity contribution in [3.8, 4) is 5.75 Å². The smallest absolute Gasteiger partial charge is 0.240 e. The van der Waals surface area contributed by atoms with Crippen molar-refractivity contribution in [1.29, 1.82) is 0 Å². The van der Waals surface area contributed by atoms with Gasteiger partial charge >= 0.3 is 0 Å². The van der Waals surface area contributed by atoms with Crippen molar-refractivity contribution in [3.05, 3.63) is 71.5 Å². The van der Waals surface area contributed by atoms with Gasteiger partial charge in [0.1, 0.15) is 5.75 Å². The highest BCUT2D eigenvalue weighted by molar-refractivity contribution is 7.89. The second-order valence-corrected chi connectivity index (χ2v) is 10.0. The van der Waals surface area contributed by atoms with Crippen LogP contribution in [-0.4, -0.2) is 54.6 Å². The van der Waals surface area contributed by atoms with Gasteiger partial charge in [-0.05, 0) is 74.8 Å². The topological polar surface area (TPSA) is 107 Å². The van der Waals surface area contributed by atoms with E-state index in [2.05, 4.69) is 24.9 Å². The summed E-state index contributed by atoms with van der Waals surface area (Å²) in [4.78, 5) is 11.3. The van der Waals surface area contributed by atoms with Crippen molar-refractivity contribution in [2.75, 3.05) is 31.5 Å². The van der Waals surface area contributed by atoms with Crippen LogP contribution in [0.2, 0.25) is 0 Å². The van der Waals surface area contributed by atoms with Gasteiger partial charge in [-0.15, -0.1) is 0 Å². The molecule has 1 aliphatic heterocycles. The first-order valence-electron chi connectivity index (χ1n) is 11.3. The van der Waals surface area contributed by atoms with E-state index in [0.717, 1.165) is 36.5 Å². The number of phenolic OH excluding ortho intramolecular Hbond substituents is 1. The number of anilines is 2. The first-order valence-corrected chi connectivity index (χ1v) is 12.8. The highest BCUT2D eigenvalue weighted by Crippen LogP contribution is 2.19. The number of nitrogens with zero attached hydrogens (tertiary/aromatic N) is 3. The third-order valence-corrected chi connectivity index (χ3v) is 7.16. The summed E-state index contributed by atoms with van der Waals surface area (Å²) in [6.07, 6.45) is 7.86. The highest BCUT2D eigenvalue weighted by Gasteiger charge is 2.16. The van der Waals surface area contributed by atoms with Crippen molar-refractivity contribution < 1.29 is 13.5 Å². The predicted octanol–water partition coefficient (Wildman–Crippen LogP) is 3.78. The second-order valence-electron chi connectivity index (χ2n) is 8.26. The maximum Gasteiger partial charge on any atom is 0.240 e. The zero-order chi connectivity index (χ0) is 24.0.